The lowest BCUT2D eigenvalue weighted by atomic mass is 9.72. The van der Waals surface area contributed by atoms with Crippen LogP contribution in [0.15, 0.2) is 48.5 Å². The van der Waals surface area contributed by atoms with Crippen molar-refractivity contribution in [1.29, 1.82) is 0 Å². The van der Waals surface area contributed by atoms with E-state index in [1.807, 2.05) is 60.4 Å². The first kappa shape index (κ1) is 24.6. The quantitative estimate of drug-likeness (QED) is 0.530. The number of methoxy groups -OCH3 is 1. The Labute approximate surface area is 202 Å². The molecule has 6 heteroatoms. The second-order valence-electron chi connectivity index (χ2n) is 9.98. The summed E-state index contributed by atoms with van der Waals surface area (Å²) >= 11 is 0. The number of hydrogen-bond acceptors (Lipinski definition) is 5. The van der Waals surface area contributed by atoms with E-state index in [1.165, 1.54) is 12.8 Å². The second kappa shape index (κ2) is 10.8. The molecule has 1 saturated heterocycles. The van der Waals surface area contributed by atoms with Gasteiger partial charge in [-0.1, -0.05) is 56.2 Å². The smallest absolute Gasteiger partial charge is 0.248 e. The zero-order chi connectivity index (χ0) is 24.1. The molecule has 0 bridgehead atoms. The van der Waals surface area contributed by atoms with Crippen LogP contribution in [-0.2, 0) is 16.1 Å². The van der Waals surface area contributed by atoms with Gasteiger partial charge in [-0.25, -0.2) is 0 Å². The Hall–Kier alpha value is -2.57. The number of hydrogen-bond donors (Lipinski definition) is 1. The van der Waals surface area contributed by atoms with Gasteiger partial charge in [-0.15, -0.1) is 0 Å². The van der Waals surface area contributed by atoms with E-state index in [-0.39, 0.29) is 18.4 Å². The summed E-state index contributed by atoms with van der Waals surface area (Å²) in [6.07, 6.45) is 3.08. The van der Waals surface area contributed by atoms with Gasteiger partial charge in [0, 0.05) is 24.4 Å². The van der Waals surface area contributed by atoms with E-state index < -0.39 is 11.5 Å². The molecule has 1 amide bonds. The van der Waals surface area contributed by atoms with Crippen molar-refractivity contribution in [2.75, 3.05) is 33.4 Å². The van der Waals surface area contributed by atoms with Crippen LogP contribution in [0.1, 0.15) is 50.2 Å². The zero-order valence-electron chi connectivity index (χ0n) is 20.5. The average molecular weight is 468 g/mol. The lowest BCUT2D eigenvalue weighted by molar-refractivity contribution is -0.136. The molecule has 2 aliphatic rings. The van der Waals surface area contributed by atoms with Crippen LogP contribution in [-0.4, -0.2) is 55.4 Å². The molecule has 0 unspecified atom stereocenters. The van der Waals surface area contributed by atoms with Gasteiger partial charge in [0.05, 0.1) is 26.4 Å². The number of aliphatic hydroxyl groups is 1. The van der Waals surface area contributed by atoms with Crippen LogP contribution in [0.3, 0.4) is 0 Å². The third-order valence-electron chi connectivity index (χ3n) is 7.45. The molecule has 2 aromatic rings. The lowest BCUT2D eigenvalue weighted by Gasteiger charge is -2.33. The molecule has 0 radical (unpaired) electrons. The van der Waals surface area contributed by atoms with E-state index in [0.717, 1.165) is 29.2 Å². The predicted molar refractivity (Wildman–Crippen MR) is 131 cm³/mol. The van der Waals surface area contributed by atoms with E-state index in [0.29, 0.717) is 32.1 Å². The SMILES string of the molecule is COc1ccc([C@@H]2CN(C(=O)COCc3ccccc3)C[C@@]2(C)[C@@H](C)O)cc1OCCC1CC1. The van der Waals surface area contributed by atoms with Gasteiger partial charge in [0.15, 0.2) is 11.5 Å². The van der Waals surface area contributed by atoms with Gasteiger partial charge in [-0.2, -0.15) is 0 Å². The molecule has 0 aromatic heterocycles. The Kier molecular flexibility index (Phi) is 7.79. The number of nitrogens with zero attached hydrogens (tertiary/aromatic N) is 1. The average Bonchev–Trinajstić information content (AvgIpc) is 3.59. The number of carbonyl (C=O) groups is 1. The number of carbonyl (C=O) groups excluding carboxylic acids is 1. The summed E-state index contributed by atoms with van der Waals surface area (Å²) in [5.74, 6) is 2.15. The normalized spacial score (nSPS) is 23.1. The minimum atomic E-state index is -0.582. The summed E-state index contributed by atoms with van der Waals surface area (Å²) < 4.78 is 17.3. The van der Waals surface area contributed by atoms with E-state index in [9.17, 15) is 9.90 Å². The molecule has 2 aromatic carbocycles. The Morgan fingerprint density at radius 2 is 1.94 bits per heavy atom. The second-order valence-corrected chi connectivity index (χ2v) is 9.98. The number of aliphatic hydroxyl groups excluding tert-OH is 1. The van der Waals surface area contributed by atoms with E-state index in [4.69, 9.17) is 14.2 Å². The molecule has 1 saturated carbocycles. The number of rotatable bonds is 11. The Balaban J connectivity index is 1.44. The highest BCUT2D eigenvalue weighted by Crippen LogP contribution is 2.47. The van der Waals surface area contributed by atoms with Gasteiger partial charge < -0.3 is 24.2 Å². The van der Waals surface area contributed by atoms with Gasteiger partial charge >= 0.3 is 0 Å². The fourth-order valence-electron chi connectivity index (χ4n) is 4.80. The topological polar surface area (TPSA) is 68.2 Å². The maximum Gasteiger partial charge on any atom is 0.248 e. The highest BCUT2D eigenvalue weighted by molar-refractivity contribution is 5.78. The van der Waals surface area contributed by atoms with Gasteiger partial charge in [-0.3, -0.25) is 4.79 Å². The van der Waals surface area contributed by atoms with E-state index in [2.05, 4.69) is 6.92 Å². The van der Waals surface area contributed by atoms with Crippen LogP contribution in [0.4, 0.5) is 0 Å². The molecule has 1 heterocycles. The number of benzene rings is 2. The summed E-state index contributed by atoms with van der Waals surface area (Å²) in [5.41, 5.74) is 1.61. The van der Waals surface area contributed by atoms with Crippen molar-refractivity contribution in [2.24, 2.45) is 11.3 Å². The highest BCUT2D eigenvalue weighted by atomic mass is 16.5. The fraction of sp³-hybridized carbons (Fsp3) is 0.536. The molecule has 34 heavy (non-hydrogen) atoms. The van der Waals surface area contributed by atoms with Crippen LogP contribution in [0, 0.1) is 11.3 Å². The molecule has 4 rings (SSSR count). The molecular weight excluding hydrogens is 430 g/mol. The molecule has 184 valence electrons. The van der Waals surface area contributed by atoms with Gasteiger partial charge in [0.1, 0.15) is 6.61 Å². The largest absolute Gasteiger partial charge is 0.493 e. The van der Waals surface area contributed by atoms with Crippen LogP contribution >= 0.6 is 0 Å². The molecular formula is C28H37NO5. The number of amides is 1. The van der Waals surface area contributed by atoms with Crippen molar-refractivity contribution >= 4 is 5.91 Å². The molecule has 1 N–H and O–H groups in total. The standard InChI is InChI=1S/C28H37NO5/c1-20(30)28(2)19-29(27(31)18-33-17-22-7-5-4-6-8-22)16-24(28)23-11-12-25(32-3)26(15-23)34-14-13-21-9-10-21/h4-8,11-12,15,20-21,24,30H,9-10,13-14,16-19H2,1-3H3/t20-,24+,28+/m1/s1. The van der Waals surface area contributed by atoms with Crippen molar-refractivity contribution in [3.63, 3.8) is 0 Å². The number of ether oxygens (including phenoxy) is 3. The van der Waals surface area contributed by atoms with E-state index in [1.54, 1.807) is 7.11 Å². The highest BCUT2D eigenvalue weighted by Gasteiger charge is 2.48. The van der Waals surface area contributed by atoms with Crippen LogP contribution < -0.4 is 9.47 Å². The molecule has 1 aliphatic carbocycles. The van der Waals surface area contributed by atoms with Crippen molar-refractivity contribution in [1.82, 2.24) is 4.90 Å². The van der Waals surface area contributed by atoms with Crippen molar-refractivity contribution in [3.8, 4) is 11.5 Å². The number of likely N-dealkylation sites (tertiary alicyclic amines) is 1. The van der Waals surface area contributed by atoms with Gasteiger partial charge in [0.2, 0.25) is 5.91 Å². The van der Waals surface area contributed by atoms with Gasteiger partial charge in [0.25, 0.3) is 0 Å². The third-order valence-corrected chi connectivity index (χ3v) is 7.45. The summed E-state index contributed by atoms with van der Waals surface area (Å²) in [5, 5.41) is 10.7. The molecule has 2 fully saturated rings. The first-order chi connectivity index (χ1) is 16.4. The van der Waals surface area contributed by atoms with E-state index >= 15 is 0 Å². The zero-order valence-corrected chi connectivity index (χ0v) is 20.5. The monoisotopic (exact) mass is 467 g/mol. The molecule has 6 nitrogen and oxygen atoms in total. The van der Waals surface area contributed by atoms with Crippen molar-refractivity contribution in [2.45, 2.75) is 51.7 Å². The van der Waals surface area contributed by atoms with Crippen LogP contribution in [0.2, 0.25) is 0 Å². The van der Waals surface area contributed by atoms with Crippen LogP contribution in [0.5, 0.6) is 11.5 Å². The first-order valence-electron chi connectivity index (χ1n) is 12.3. The summed E-state index contributed by atoms with van der Waals surface area (Å²) in [4.78, 5) is 14.8. The summed E-state index contributed by atoms with van der Waals surface area (Å²) in [6, 6.07) is 15.8. The lowest BCUT2D eigenvalue weighted by Crippen LogP contribution is -2.38. The molecule has 3 atom stereocenters. The summed E-state index contributed by atoms with van der Waals surface area (Å²) in [6.45, 7) is 5.97. The summed E-state index contributed by atoms with van der Waals surface area (Å²) in [7, 11) is 1.65. The minimum Gasteiger partial charge on any atom is -0.493 e. The molecule has 1 aliphatic heterocycles. The Morgan fingerprint density at radius 3 is 2.62 bits per heavy atom. The Bertz CT molecular complexity index is 959. The predicted octanol–water partition coefficient (Wildman–Crippen LogP) is 4.40. The minimum absolute atomic E-state index is 0.0235. The Morgan fingerprint density at radius 1 is 1.18 bits per heavy atom. The third kappa shape index (κ3) is 5.73. The maximum atomic E-state index is 13.0. The fourth-order valence-corrected chi connectivity index (χ4v) is 4.80. The van der Waals surface area contributed by atoms with Gasteiger partial charge in [-0.05, 0) is 42.5 Å². The maximum absolute atomic E-state index is 13.0. The van der Waals surface area contributed by atoms with Crippen LogP contribution in [0.25, 0.3) is 0 Å². The first-order valence-corrected chi connectivity index (χ1v) is 12.3. The van der Waals surface area contributed by atoms with Crippen molar-refractivity contribution in [3.05, 3.63) is 59.7 Å². The van der Waals surface area contributed by atoms with Crippen molar-refractivity contribution < 1.29 is 24.1 Å². The molecule has 0 spiro atoms.